The highest BCUT2D eigenvalue weighted by Gasteiger charge is 2.18. The maximum atomic E-state index is 5.77. The summed E-state index contributed by atoms with van der Waals surface area (Å²) in [6.45, 7) is 0.870. The van der Waals surface area contributed by atoms with Crippen LogP contribution in [0.4, 0.5) is 5.82 Å². The van der Waals surface area contributed by atoms with E-state index in [4.69, 9.17) is 15.2 Å². The van der Waals surface area contributed by atoms with E-state index in [1.165, 1.54) is 0 Å². The van der Waals surface area contributed by atoms with Crippen LogP contribution in [-0.4, -0.2) is 16.6 Å². The summed E-state index contributed by atoms with van der Waals surface area (Å²) < 4.78 is 13.3. The third-order valence-electron chi connectivity index (χ3n) is 2.57. The van der Waals surface area contributed by atoms with E-state index in [9.17, 15) is 0 Å². The van der Waals surface area contributed by atoms with Crippen molar-refractivity contribution in [2.45, 2.75) is 6.54 Å². The first-order valence-corrected chi connectivity index (χ1v) is 5.88. The summed E-state index contributed by atoms with van der Waals surface area (Å²) in [6.07, 6.45) is 1.68. The molecule has 1 aliphatic heterocycles. The Labute approximate surface area is 106 Å². The number of nitrogens with two attached hydrogens (primary N) is 1. The van der Waals surface area contributed by atoms with Gasteiger partial charge in [-0.05, 0) is 39.7 Å². The number of nitrogens with zero attached hydrogens (tertiary/aromatic N) is 2. The Morgan fingerprint density at radius 3 is 3.06 bits per heavy atom. The molecule has 2 aromatic rings. The molecule has 2 heterocycles. The number of hydrogen-bond acceptors (Lipinski definition) is 4. The normalized spacial score (nSPS) is 13.0. The van der Waals surface area contributed by atoms with Gasteiger partial charge in [-0.3, -0.25) is 0 Å². The first-order valence-electron chi connectivity index (χ1n) is 5.09. The molecular weight excluding hydrogens is 286 g/mol. The van der Waals surface area contributed by atoms with Gasteiger partial charge < -0.3 is 15.2 Å². The van der Waals surface area contributed by atoms with Gasteiger partial charge in [-0.2, -0.15) is 5.10 Å². The summed E-state index contributed by atoms with van der Waals surface area (Å²) in [4.78, 5) is 0. The highest BCUT2D eigenvalue weighted by Crippen LogP contribution is 2.40. The zero-order valence-electron chi connectivity index (χ0n) is 8.89. The van der Waals surface area contributed by atoms with Crippen LogP contribution in [0.3, 0.4) is 0 Å². The second-order valence-electron chi connectivity index (χ2n) is 3.73. The number of fused-ring (bicyclic) bond motifs is 1. The van der Waals surface area contributed by atoms with E-state index < -0.39 is 0 Å². The van der Waals surface area contributed by atoms with Crippen LogP contribution in [0, 0.1) is 0 Å². The zero-order chi connectivity index (χ0) is 11.8. The van der Waals surface area contributed by atoms with Crippen molar-refractivity contribution in [2.24, 2.45) is 0 Å². The number of nitrogen functional groups attached to an aromatic ring is 1. The quantitative estimate of drug-likeness (QED) is 0.920. The first-order chi connectivity index (χ1) is 8.24. The van der Waals surface area contributed by atoms with E-state index >= 15 is 0 Å². The van der Waals surface area contributed by atoms with E-state index in [0.717, 1.165) is 21.5 Å². The fourth-order valence-electron chi connectivity index (χ4n) is 1.76. The summed E-state index contributed by atoms with van der Waals surface area (Å²) >= 11 is 3.45. The summed E-state index contributed by atoms with van der Waals surface area (Å²) in [5.74, 6) is 2.14. The lowest BCUT2D eigenvalue weighted by Crippen LogP contribution is -2.05. The van der Waals surface area contributed by atoms with Crippen molar-refractivity contribution in [1.82, 2.24) is 9.78 Å². The predicted octanol–water partition coefficient (Wildman–Crippen LogP) is 2.00. The lowest BCUT2D eigenvalue weighted by atomic mass is 10.2. The number of ether oxygens (including phenoxy) is 2. The van der Waals surface area contributed by atoms with Gasteiger partial charge in [0, 0.05) is 0 Å². The molecule has 0 atom stereocenters. The van der Waals surface area contributed by atoms with Crippen molar-refractivity contribution in [3.05, 3.63) is 34.4 Å². The molecule has 17 heavy (non-hydrogen) atoms. The molecule has 6 heteroatoms. The topological polar surface area (TPSA) is 62.3 Å². The molecular formula is C11H10BrN3O2. The van der Waals surface area contributed by atoms with E-state index in [1.54, 1.807) is 16.9 Å². The van der Waals surface area contributed by atoms with Crippen molar-refractivity contribution in [3.63, 3.8) is 0 Å². The second kappa shape index (κ2) is 3.96. The molecule has 1 aromatic carbocycles. The number of anilines is 1. The van der Waals surface area contributed by atoms with E-state index in [-0.39, 0.29) is 6.79 Å². The maximum absolute atomic E-state index is 5.77. The maximum Gasteiger partial charge on any atom is 0.231 e. The number of rotatable bonds is 2. The molecule has 5 nitrogen and oxygen atoms in total. The van der Waals surface area contributed by atoms with Crippen LogP contribution in [0.1, 0.15) is 5.56 Å². The molecule has 0 aliphatic carbocycles. The molecule has 88 valence electrons. The summed E-state index contributed by atoms with van der Waals surface area (Å²) in [5.41, 5.74) is 6.82. The van der Waals surface area contributed by atoms with Gasteiger partial charge in [0.1, 0.15) is 5.82 Å². The first kappa shape index (κ1) is 10.5. The highest BCUT2D eigenvalue weighted by atomic mass is 79.9. The lowest BCUT2D eigenvalue weighted by Gasteiger charge is -2.07. The molecule has 1 aliphatic rings. The number of halogens is 1. The third-order valence-corrected chi connectivity index (χ3v) is 3.16. The molecule has 0 bridgehead atoms. The number of aromatic nitrogens is 2. The minimum absolute atomic E-state index is 0.265. The molecule has 0 unspecified atom stereocenters. The van der Waals surface area contributed by atoms with Crippen molar-refractivity contribution in [1.29, 1.82) is 0 Å². The molecule has 1 aromatic heterocycles. The Hall–Kier alpha value is -1.69. The molecule has 0 spiro atoms. The Morgan fingerprint density at radius 1 is 1.41 bits per heavy atom. The SMILES string of the molecule is Nc1ccnn1Cc1cc(Br)c2c(c1)OCO2. The van der Waals surface area contributed by atoms with Gasteiger partial charge in [0.2, 0.25) is 6.79 Å². The van der Waals surface area contributed by atoms with Crippen LogP contribution in [0.25, 0.3) is 0 Å². The van der Waals surface area contributed by atoms with Crippen molar-refractivity contribution in [2.75, 3.05) is 12.5 Å². The van der Waals surface area contributed by atoms with Gasteiger partial charge in [0.25, 0.3) is 0 Å². The largest absolute Gasteiger partial charge is 0.454 e. The molecule has 3 rings (SSSR count). The van der Waals surface area contributed by atoms with Crippen molar-refractivity contribution in [3.8, 4) is 11.5 Å². The van der Waals surface area contributed by atoms with Gasteiger partial charge in [0.05, 0.1) is 17.2 Å². The van der Waals surface area contributed by atoms with Crippen LogP contribution in [0.2, 0.25) is 0 Å². The van der Waals surface area contributed by atoms with Crippen LogP contribution in [-0.2, 0) is 6.54 Å². The van der Waals surface area contributed by atoms with Crippen LogP contribution in [0.5, 0.6) is 11.5 Å². The fraction of sp³-hybridized carbons (Fsp3) is 0.182. The summed E-state index contributed by atoms with van der Waals surface area (Å²) in [6, 6.07) is 5.69. The van der Waals surface area contributed by atoms with Gasteiger partial charge in [-0.25, -0.2) is 4.68 Å². The highest BCUT2D eigenvalue weighted by molar-refractivity contribution is 9.10. The van der Waals surface area contributed by atoms with Crippen LogP contribution in [0.15, 0.2) is 28.9 Å². The third kappa shape index (κ3) is 1.84. The van der Waals surface area contributed by atoms with Crippen LogP contribution < -0.4 is 15.2 Å². The molecule has 0 saturated heterocycles. The van der Waals surface area contributed by atoms with E-state index in [1.807, 2.05) is 12.1 Å². The predicted molar refractivity (Wildman–Crippen MR) is 66.0 cm³/mol. The minimum atomic E-state index is 0.265. The molecule has 0 amide bonds. The van der Waals surface area contributed by atoms with Crippen molar-refractivity contribution < 1.29 is 9.47 Å². The Bertz CT molecular complexity index is 568. The Morgan fingerprint density at radius 2 is 2.29 bits per heavy atom. The average molecular weight is 296 g/mol. The molecule has 0 saturated carbocycles. The smallest absolute Gasteiger partial charge is 0.231 e. The van der Waals surface area contributed by atoms with E-state index in [0.29, 0.717) is 12.4 Å². The monoisotopic (exact) mass is 295 g/mol. The number of benzene rings is 1. The number of hydrogen-bond donors (Lipinski definition) is 1. The van der Waals surface area contributed by atoms with Crippen molar-refractivity contribution >= 4 is 21.7 Å². The zero-order valence-corrected chi connectivity index (χ0v) is 10.5. The Kier molecular flexibility index (Phi) is 2.44. The Balaban J connectivity index is 1.94. The van der Waals surface area contributed by atoms with Gasteiger partial charge in [-0.1, -0.05) is 0 Å². The van der Waals surface area contributed by atoms with Gasteiger partial charge >= 0.3 is 0 Å². The minimum Gasteiger partial charge on any atom is -0.454 e. The molecule has 0 fully saturated rings. The summed E-state index contributed by atoms with van der Waals surface area (Å²) in [5, 5.41) is 4.14. The van der Waals surface area contributed by atoms with Gasteiger partial charge in [0.15, 0.2) is 11.5 Å². The average Bonchev–Trinajstić information content (AvgIpc) is 2.89. The fourth-order valence-corrected chi connectivity index (χ4v) is 2.36. The standard InChI is InChI=1S/C11H10BrN3O2/c12-8-3-7(4-9-11(8)17-6-16-9)5-15-10(13)1-2-14-15/h1-4H,5-6,13H2. The lowest BCUT2D eigenvalue weighted by molar-refractivity contribution is 0.173. The molecule has 2 N–H and O–H groups in total. The molecule has 0 radical (unpaired) electrons. The second-order valence-corrected chi connectivity index (χ2v) is 4.58. The van der Waals surface area contributed by atoms with Crippen LogP contribution >= 0.6 is 15.9 Å². The summed E-state index contributed by atoms with van der Waals surface area (Å²) in [7, 11) is 0. The van der Waals surface area contributed by atoms with Gasteiger partial charge in [-0.15, -0.1) is 0 Å². The van der Waals surface area contributed by atoms with E-state index in [2.05, 4.69) is 21.0 Å².